The zero-order valence-electron chi connectivity index (χ0n) is 11.9. The van der Waals surface area contributed by atoms with Gasteiger partial charge in [0.1, 0.15) is 11.4 Å². The second-order valence-corrected chi connectivity index (χ2v) is 5.47. The number of nitrogens with two attached hydrogens (primary N) is 1. The smallest absolute Gasteiger partial charge is 0.200 e. The lowest BCUT2D eigenvalue weighted by molar-refractivity contribution is 0.0896. The predicted octanol–water partition coefficient (Wildman–Crippen LogP) is 3.91. The monoisotopic (exact) mass is 277 g/mol. The van der Waals surface area contributed by atoms with E-state index in [1.807, 2.05) is 13.8 Å². The van der Waals surface area contributed by atoms with Gasteiger partial charge >= 0.3 is 0 Å². The van der Waals surface area contributed by atoms with Gasteiger partial charge in [0, 0.05) is 17.3 Å². The van der Waals surface area contributed by atoms with Gasteiger partial charge in [-0.05, 0) is 44.0 Å². The van der Waals surface area contributed by atoms with Gasteiger partial charge in [-0.15, -0.1) is 0 Å². The quantitative estimate of drug-likeness (QED) is 0.814. The van der Waals surface area contributed by atoms with Gasteiger partial charge in [-0.25, -0.2) is 4.39 Å². The number of carbonyl (C=O) groups is 1. The van der Waals surface area contributed by atoms with Crippen LogP contribution >= 0.6 is 0 Å². The minimum absolute atomic E-state index is 0.0358. The van der Waals surface area contributed by atoms with E-state index >= 15 is 0 Å². The molecule has 2 N–H and O–H groups in total. The number of carbonyl (C=O) groups excluding carboxylic acids is 1. The summed E-state index contributed by atoms with van der Waals surface area (Å²) in [4.78, 5) is 12.3. The maximum Gasteiger partial charge on any atom is 0.200 e. The first-order chi connectivity index (χ1) is 9.47. The zero-order chi connectivity index (χ0) is 14.7. The number of hydrogen-bond acceptors (Lipinski definition) is 3. The molecule has 0 radical (unpaired) electrons. The van der Waals surface area contributed by atoms with E-state index in [4.69, 9.17) is 10.2 Å². The summed E-state index contributed by atoms with van der Waals surface area (Å²) in [7, 11) is 0. The molecule has 2 rings (SSSR count). The van der Waals surface area contributed by atoms with Crippen molar-refractivity contribution in [1.29, 1.82) is 0 Å². The molecule has 1 heterocycles. The number of Topliss-reactive ketones (excluding diaryl/α,β-unsaturated/α-hetero) is 1. The number of rotatable bonds is 6. The van der Waals surface area contributed by atoms with E-state index in [1.54, 1.807) is 12.1 Å². The molecule has 2 aromatic rings. The van der Waals surface area contributed by atoms with Crippen molar-refractivity contribution in [2.24, 2.45) is 11.7 Å². The molecule has 20 heavy (non-hydrogen) atoms. The molecule has 0 aliphatic heterocycles. The van der Waals surface area contributed by atoms with Crippen LogP contribution in [0, 0.1) is 11.7 Å². The Kier molecular flexibility index (Phi) is 4.55. The van der Waals surface area contributed by atoms with Crippen molar-refractivity contribution in [3.8, 4) is 0 Å². The van der Waals surface area contributed by atoms with E-state index in [-0.39, 0.29) is 23.6 Å². The highest BCUT2D eigenvalue weighted by Crippen LogP contribution is 2.23. The van der Waals surface area contributed by atoms with Crippen LogP contribution in [0.2, 0.25) is 0 Å². The zero-order valence-corrected chi connectivity index (χ0v) is 11.9. The lowest BCUT2D eigenvalue weighted by Crippen LogP contribution is -2.16. The van der Waals surface area contributed by atoms with Gasteiger partial charge in [0.2, 0.25) is 5.78 Å². The molecule has 0 spiro atoms. The van der Waals surface area contributed by atoms with Crippen molar-refractivity contribution < 1.29 is 13.6 Å². The summed E-state index contributed by atoms with van der Waals surface area (Å²) in [5, 5.41) is 0.621. The first-order valence-electron chi connectivity index (χ1n) is 6.96. The molecule has 1 aromatic heterocycles. The molecule has 0 bridgehead atoms. The minimum atomic E-state index is -0.331. The Balaban J connectivity index is 2.06. The van der Waals surface area contributed by atoms with Crippen molar-refractivity contribution >= 4 is 16.8 Å². The Morgan fingerprint density at radius 3 is 2.75 bits per heavy atom. The summed E-state index contributed by atoms with van der Waals surface area (Å²) in [6.07, 6.45) is 2.61. The maximum absolute atomic E-state index is 13.1. The number of benzene rings is 1. The first kappa shape index (κ1) is 14.7. The minimum Gasteiger partial charge on any atom is -0.453 e. The van der Waals surface area contributed by atoms with Gasteiger partial charge < -0.3 is 10.2 Å². The lowest BCUT2D eigenvalue weighted by Gasteiger charge is -2.09. The largest absolute Gasteiger partial charge is 0.453 e. The second kappa shape index (κ2) is 6.18. The molecule has 0 aliphatic rings. The van der Waals surface area contributed by atoms with Crippen LogP contribution in [0.4, 0.5) is 4.39 Å². The molecule has 2 atom stereocenters. The second-order valence-electron chi connectivity index (χ2n) is 5.47. The Labute approximate surface area is 117 Å². The summed E-state index contributed by atoms with van der Waals surface area (Å²) in [5.74, 6) is -0.174. The van der Waals surface area contributed by atoms with Crippen molar-refractivity contribution in [1.82, 2.24) is 0 Å². The predicted molar refractivity (Wildman–Crippen MR) is 77.2 cm³/mol. The normalized spacial score (nSPS) is 14.4. The fourth-order valence-electron chi connectivity index (χ4n) is 2.26. The third kappa shape index (κ3) is 3.45. The van der Waals surface area contributed by atoms with Crippen LogP contribution in [0.3, 0.4) is 0 Å². The van der Waals surface area contributed by atoms with Crippen LogP contribution in [0.15, 0.2) is 28.7 Å². The van der Waals surface area contributed by atoms with Crippen molar-refractivity contribution in [3.63, 3.8) is 0 Å². The van der Waals surface area contributed by atoms with Crippen LogP contribution in [0.1, 0.15) is 43.7 Å². The number of hydrogen-bond donors (Lipinski definition) is 1. The fourth-order valence-corrected chi connectivity index (χ4v) is 2.26. The molecular formula is C16H20FNO2. The third-order valence-electron chi connectivity index (χ3n) is 3.47. The van der Waals surface area contributed by atoms with Gasteiger partial charge in [0.05, 0.1) is 0 Å². The number of furan rings is 1. The topological polar surface area (TPSA) is 56.2 Å². The Morgan fingerprint density at radius 1 is 1.30 bits per heavy atom. The molecule has 0 amide bonds. The van der Waals surface area contributed by atoms with Crippen molar-refractivity contribution in [2.45, 2.75) is 39.2 Å². The van der Waals surface area contributed by atoms with Crippen LogP contribution < -0.4 is 5.73 Å². The molecule has 108 valence electrons. The average molecular weight is 277 g/mol. The summed E-state index contributed by atoms with van der Waals surface area (Å²) in [6.45, 7) is 3.84. The van der Waals surface area contributed by atoms with Crippen LogP contribution in [-0.4, -0.2) is 11.8 Å². The lowest BCUT2D eigenvalue weighted by atomic mass is 9.96. The molecule has 0 aliphatic carbocycles. The molecule has 4 heteroatoms. The van der Waals surface area contributed by atoms with E-state index in [1.165, 1.54) is 12.1 Å². The van der Waals surface area contributed by atoms with Gasteiger partial charge in [-0.3, -0.25) is 4.79 Å². The molecule has 2 unspecified atom stereocenters. The highest BCUT2D eigenvalue weighted by molar-refractivity contribution is 5.98. The standard InChI is InChI=1S/C16H20FNO2/c1-10(4-3-5-11(2)18)16(19)15-9-12-8-13(17)6-7-14(12)20-15/h6-11H,3-5,18H2,1-2H3. The van der Waals surface area contributed by atoms with Crippen LogP contribution in [-0.2, 0) is 0 Å². The average Bonchev–Trinajstić information content (AvgIpc) is 2.80. The molecular weight excluding hydrogens is 257 g/mol. The molecule has 0 saturated carbocycles. The highest BCUT2D eigenvalue weighted by Gasteiger charge is 2.19. The van der Waals surface area contributed by atoms with Crippen molar-refractivity contribution in [3.05, 3.63) is 35.8 Å². The fraction of sp³-hybridized carbons (Fsp3) is 0.438. The highest BCUT2D eigenvalue weighted by atomic mass is 19.1. The molecule has 3 nitrogen and oxygen atoms in total. The van der Waals surface area contributed by atoms with Gasteiger partial charge in [0.25, 0.3) is 0 Å². The van der Waals surface area contributed by atoms with Crippen molar-refractivity contribution in [2.75, 3.05) is 0 Å². The van der Waals surface area contributed by atoms with E-state index in [0.29, 0.717) is 16.7 Å². The summed E-state index contributed by atoms with van der Waals surface area (Å²) in [6, 6.07) is 6.01. The van der Waals surface area contributed by atoms with Crippen LogP contribution in [0.5, 0.6) is 0 Å². The van der Waals surface area contributed by atoms with E-state index in [9.17, 15) is 9.18 Å². The third-order valence-corrected chi connectivity index (χ3v) is 3.47. The van der Waals surface area contributed by atoms with E-state index in [0.717, 1.165) is 19.3 Å². The first-order valence-corrected chi connectivity index (χ1v) is 6.96. The number of halogens is 1. The SMILES string of the molecule is CC(N)CCCC(C)C(=O)c1cc2cc(F)ccc2o1. The number of ketones is 1. The van der Waals surface area contributed by atoms with E-state index < -0.39 is 0 Å². The Bertz CT molecular complexity index is 604. The molecule has 0 fully saturated rings. The number of fused-ring (bicyclic) bond motifs is 1. The van der Waals surface area contributed by atoms with Gasteiger partial charge in [0.15, 0.2) is 5.76 Å². The molecule has 0 saturated heterocycles. The summed E-state index contributed by atoms with van der Waals surface area (Å²) >= 11 is 0. The molecule has 1 aromatic carbocycles. The van der Waals surface area contributed by atoms with Crippen LogP contribution in [0.25, 0.3) is 11.0 Å². The van der Waals surface area contributed by atoms with Gasteiger partial charge in [-0.2, -0.15) is 0 Å². The Morgan fingerprint density at radius 2 is 2.05 bits per heavy atom. The Hall–Kier alpha value is -1.68. The maximum atomic E-state index is 13.1. The summed E-state index contributed by atoms with van der Waals surface area (Å²) in [5.41, 5.74) is 6.23. The van der Waals surface area contributed by atoms with Gasteiger partial charge in [-0.1, -0.05) is 13.3 Å². The van der Waals surface area contributed by atoms with E-state index in [2.05, 4.69) is 0 Å². The summed E-state index contributed by atoms with van der Waals surface area (Å²) < 4.78 is 18.6.